The van der Waals surface area contributed by atoms with E-state index in [2.05, 4.69) is 10.3 Å². The monoisotopic (exact) mass is 342 g/mol. The van der Waals surface area contributed by atoms with Gasteiger partial charge >= 0.3 is 0 Å². The summed E-state index contributed by atoms with van der Waals surface area (Å²) in [6.45, 7) is 0.0593. The number of rotatable bonds is 2. The zero-order chi connectivity index (χ0) is 15.8. The number of benzene rings is 2. The highest BCUT2D eigenvalue weighted by molar-refractivity contribution is 7.13. The van der Waals surface area contributed by atoms with Crippen LogP contribution >= 0.6 is 22.9 Å². The van der Waals surface area contributed by atoms with E-state index in [1.807, 2.05) is 47.8 Å². The van der Waals surface area contributed by atoms with E-state index in [9.17, 15) is 4.79 Å². The van der Waals surface area contributed by atoms with Gasteiger partial charge in [0.25, 0.3) is 5.91 Å². The number of thiazole rings is 1. The fourth-order valence-corrected chi connectivity index (χ4v) is 3.34. The number of carbonyl (C=O) groups excluding carboxylic acids is 1. The van der Waals surface area contributed by atoms with Gasteiger partial charge in [-0.2, -0.15) is 0 Å². The highest BCUT2D eigenvalue weighted by atomic mass is 35.5. The molecule has 6 heteroatoms. The van der Waals surface area contributed by atoms with Crippen molar-refractivity contribution in [1.29, 1.82) is 0 Å². The van der Waals surface area contributed by atoms with Gasteiger partial charge in [0.15, 0.2) is 6.61 Å². The van der Waals surface area contributed by atoms with E-state index in [4.69, 9.17) is 16.3 Å². The molecule has 4 nitrogen and oxygen atoms in total. The maximum absolute atomic E-state index is 11.4. The van der Waals surface area contributed by atoms with E-state index in [0.717, 1.165) is 21.8 Å². The number of anilines is 1. The van der Waals surface area contributed by atoms with E-state index >= 15 is 0 Å². The molecule has 0 atom stereocenters. The van der Waals surface area contributed by atoms with Crippen LogP contribution in [0.1, 0.15) is 0 Å². The van der Waals surface area contributed by atoms with Crippen LogP contribution in [0.3, 0.4) is 0 Å². The Bertz CT molecular complexity index is 890. The van der Waals surface area contributed by atoms with Crippen LogP contribution in [0.25, 0.3) is 21.8 Å². The van der Waals surface area contributed by atoms with Crippen molar-refractivity contribution in [2.24, 2.45) is 0 Å². The van der Waals surface area contributed by atoms with Crippen molar-refractivity contribution in [3.8, 4) is 27.6 Å². The Balaban J connectivity index is 1.68. The number of amides is 1. The summed E-state index contributed by atoms with van der Waals surface area (Å²) in [5.41, 5.74) is 3.51. The molecular weight excluding hydrogens is 332 g/mol. The summed E-state index contributed by atoms with van der Waals surface area (Å²) in [4.78, 5) is 16.1. The second-order valence-electron chi connectivity index (χ2n) is 5.09. The molecule has 0 saturated carbocycles. The zero-order valence-electron chi connectivity index (χ0n) is 11.9. The number of nitrogens with one attached hydrogen (secondary N) is 1. The Hall–Kier alpha value is -2.37. The van der Waals surface area contributed by atoms with Gasteiger partial charge in [0.2, 0.25) is 0 Å². The molecule has 0 fully saturated rings. The maximum atomic E-state index is 11.4. The molecule has 0 bridgehead atoms. The normalized spacial score (nSPS) is 13.2. The predicted octanol–water partition coefficient (Wildman–Crippen LogP) is 4.46. The lowest BCUT2D eigenvalue weighted by molar-refractivity contribution is -0.118. The van der Waals surface area contributed by atoms with Crippen LogP contribution in [-0.2, 0) is 4.79 Å². The van der Waals surface area contributed by atoms with Crippen molar-refractivity contribution in [3.05, 3.63) is 52.9 Å². The van der Waals surface area contributed by atoms with Gasteiger partial charge in [-0.1, -0.05) is 23.7 Å². The smallest absolute Gasteiger partial charge is 0.262 e. The second kappa shape index (κ2) is 5.68. The molecule has 2 aromatic carbocycles. The molecule has 0 radical (unpaired) electrons. The summed E-state index contributed by atoms with van der Waals surface area (Å²) in [7, 11) is 0. The number of halogens is 1. The third-order valence-corrected chi connectivity index (χ3v) is 4.65. The summed E-state index contributed by atoms with van der Waals surface area (Å²) >= 11 is 7.48. The minimum Gasteiger partial charge on any atom is -0.482 e. The zero-order valence-corrected chi connectivity index (χ0v) is 13.4. The largest absolute Gasteiger partial charge is 0.482 e. The molecule has 1 aromatic heterocycles. The van der Waals surface area contributed by atoms with Crippen molar-refractivity contribution in [3.63, 3.8) is 0 Å². The molecule has 114 valence electrons. The Labute approximate surface area is 141 Å². The lowest BCUT2D eigenvalue weighted by Crippen LogP contribution is -2.25. The highest BCUT2D eigenvalue weighted by Gasteiger charge is 2.17. The van der Waals surface area contributed by atoms with Gasteiger partial charge in [0, 0.05) is 21.5 Å². The lowest BCUT2D eigenvalue weighted by atomic mass is 10.1. The molecule has 1 aliphatic heterocycles. The molecule has 4 rings (SSSR count). The predicted molar refractivity (Wildman–Crippen MR) is 92.1 cm³/mol. The summed E-state index contributed by atoms with van der Waals surface area (Å²) < 4.78 is 5.37. The Kier molecular flexibility index (Phi) is 3.52. The van der Waals surface area contributed by atoms with Crippen LogP contribution < -0.4 is 10.1 Å². The van der Waals surface area contributed by atoms with Crippen LogP contribution in [0.5, 0.6) is 5.75 Å². The van der Waals surface area contributed by atoms with Gasteiger partial charge in [0.1, 0.15) is 10.8 Å². The maximum Gasteiger partial charge on any atom is 0.262 e. The lowest BCUT2D eigenvalue weighted by Gasteiger charge is -2.18. The fraction of sp³-hybridized carbons (Fsp3) is 0.0588. The van der Waals surface area contributed by atoms with Gasteiger partial charge in [0.05, 0.1) is 11.4 Å². The Morgan fingerprint density at radius 3 is 2.74 bits per heavy atom. The molecule has 1 aliphatic rings. The van der Waals surface area contributed by atoms with Crippen LogP contribution in [0, 0.1) is 0 Å². The average Bonchev–Trinajstić information content (AvgIpc) is 3.05. The minimum absolute atomic E-state index is 0.0593. The van der Waals surface area contributed by atoms with Crippen LogP contribution in [0.2, 0.25) is 5.02 Å². The van der Waals surface area contributed by atoms with Crippen molar-refractivity contribution < 1.29 is 9.53 Å². The van der Waals surface area contributed by atoms with E-state index in [1.165, 1.54) is 0 Å². The number of hydrogen-bond donors (Lipinski definition) is 1. The van der Waals surface area contributed by atoms with Crippen molar-refractivity contribution in [1.82, 2.24) is 4.98 Å². The second-order valence-corrected chi connectivity index (χ2v) is 6.39. The molecule has 0 spiro atoms. The van der Waals surface area contributed by atoms with Gasteiger partial charge in [-0.05, 0) is 30.3 Å². The summed E-state index contributed by atoms with van der Waals surface area (Å²) in [6.07, 6.45) is 0. The van der Waals surface area contributed by atoms with Crippen LogP contribution in [0.15, 0.2) is 47.8 Å². The molecule has 23 heavy (non-hydrogen) atoms. The minimum atomic E-state index is -0.144. The van der Waals surface area contributed by atoms with Crippen LogP contribution in [0.4, 0.5) is 5.69 Å². The Morgan fingerprint density at radius 2 is 1.91 bits per heavy atom. The molecule has 0 unspecified atom stereocenters. The topological polar surface area (TPSA) is 51.2 Å². The number of hydrogen-bond acceptors (Lipinski definition) is 4. The molecule has 1 amide bonds. The first-order valence-electron chi connectivity index (χ1n) is 6.97. The Morgan fingerprint density at radius 1 is 1.13 bits per heavy atom. The molecule has 1 N–H and O–H groups in total. The van der Waals surface area contributed by atoms with Crippen molar-refractivity contribution in [2.75, 3.05) is 11.9 Å². The molecule has 0 aliphatic carbocycles. The molecule has 2 heterocycles. The van der Waals surface area contributed by atoms with E-state index in [-0.39, 0.29) is 12.5 Å². The van der Waals surface area contributed by atoms with E-state index in [1.54, 1.807) is 11.3 Å². The first-order chi connectivity index (χ1) is 11.2. The standard InChI is InChI=1S/C17H11ClN2O2S/c18-12-4-1-10(2-5-12)17-20-14(9-23-17)11-3-6-15-13(7-11)19-16(21)8-22-15/h1-7,9H,8H2,(H,19,21). The van der Waals surface area contributed by atoms with Crippen molar-refractivity contribution >= 4 is 34.5 Å². The first-order valence-corrected chi connectivity index (χ1v) is 8.23. The highest BCUT2D eigenvalue weighted by Crippen LogP contribution is 2.34. The summed E-state index contributed by atoms with van der Waals surface area (Å²) in [6, 6.07) is 13.3. The number of fused-ring (bicyclic) bond motifs is 1. The van der Waals surface area contributed by atoms with Gasteiger partial charge in [-0.3, -0.25) is 4.79 Å². The first kappa shape index (κ1) is 14.2. The third kappa shape index (κ3) is 2.81. The quantitative estimate of drug-likeness (QED) is 0.748. The fourth-order valence-electron chi connectivity index (χ4n) is 2.37. The molecule has 3 aromatic rings. The summed E-state index contributed by atoms with van der Waals surface area (Å²) in [5, 5.41) is 6.44. The van der Waals surface area contributed by atoms with Crippen LogP contribution in [-0.4, -0.2) is 17.5 Å². The SMILES string of the molecule is O=C1COc2ccc(-c3csc(-c4ccc(Cl)cc4)n3)cc2N1. The van der Waals surface area contributed by atoms with E-state index in [0.29, 0.717) is 16.5 Å². The molecule has 0 saturated heterocycles. The number of carbonyl (C=O) groups is 1. The van der Waals surface area contributed by atoms with Gasteiger partial charge in [-0.25, -0.2) is 4.98 Å². The molecular formula is C17H11ClN2O2S. The van der Waals surface area contributed by atoms with Gasteiger partial charge in [-0.15, -0.1) is 11.3 Å². The van der Waals surface area contributed by atoms with E-state index < -0.39 is 0 Å². The van der Waals surface area contributed by atoms with Crippen molar-refractivity contribution in [2.45, 2.75) is 0 Å². The number of ether oxygens (including phenoxy) is 1. The van der Waals surface area contributed by atoms with Gasteiger partial charge < -0.3 is 10.1 Å². The number of nitrogens with zero attached hydrogens (tertiary/aromatic N) is 1. The third-order valence-electron chi connectivity index (χ3n) is 3.50. The summed E-state index contributed by atoms with van der Waals surface area (Å²) in [5.74, 6) is 0.538. The average molecular weight is 343 g/mol. The number of aromatic nitrogens is 1.